The lowest BCUT2D eigenvalue weighted by atomic mass is 10.1. The van der Waals surface area contributed by atoms with Crippen LogP contribution in [0.5, 0.6) is 5.75 Å². The Morgan fingerprint density at radius 1 is 0.781 bits per heavy atom. The van der Waals surface area contributed by atoms with Crippen LogP contribution < -0.4 is 15.5 Å². The summed E-state index contributed by atoms with van der Waals surface area (Å²) in [6, 6.07) is 23.4. The van der Waals surface area contributed by atoms with Crippen LogP contribution in [-0.4, -0.2) is 54.5 Å². The summed E-state index contributed by atoms with van der Waals surface area (Å²) >= 11 is 0. The van der Waals surface area contributed by atoms with E-state index in [0.717, 1.165) is 31.9 Å². The fourth-order valence-electron chi connectivity index (χ4n) is 3.73. The van der Waals surface area contributed by atoms with E-state index in [9.17, 15) is 14.7 Å². The topological polar surface area (TPSA) is 84.9 Å². The normalized spacial score (nSPS) is 14.1. The van der Waals surface area contributed by atoms with Gasteiger partial charge in [0.25, 0.3) is 5.91 Å². The van der Waals surface area contributed by atoms with E-state index < -0.39 is 0 Å². The highest BCUT2D eigenvalue weighted by Crippen LogP contribution is 2.20. The van der Waals surface area contributed by atoms with Crippen LogP contribution in [0.3, 0.4) is 0 Å². The molecule has 0 spiro atoms. The summed E-state index contributed by atoms with van der Waals surface area (Å²) in [5.74, 6) is -0.167. The molecule has 3 N–H and O–H groups in total. The maximum absolute atomic E-state index is 12.7. The van der Waals surface area contributed by atoms with Crippen molar-refractivity contribution in [3.63, 3.8) is 0 Å². The second-order valence-corrected chi connectivity index (χ2v) is 7.69. The summed E-state index contributed by atoms with van der Waals surface area (Å²) in [5.41, 5.74) is 2.67. The quantitative estimate of drug-likeness (QED) is 0.558. The van der Waals surface area contributed by atoms with Crippen LogP contribution in [0.25, 0.3) is 0 Å². The van der Waals surface area contributed by atoms with Gasteiger partial charge < -0.3 is 20.6 Å². The van der Waals surface area contributed by atoms with E-state index in [0.29, 0.717) is 16.9 Å². The molecule has 7 heteroatoms. The van der Waals surface area contributed by atoms with Gasteiger partial charge in [0, 0.05) is 37.6 Å². The first-order valence-corrected chi connectivity index (χ1v) is 10.6. The van der Waals surface area contributed by atoms with Gasteiger partial charge in [0.15, 0.2) is 0 Å². The molecular weight excluding hydrogens is 404 g/mol. The van der Waals surface area contributed by atoms with Gasteiger partial charge in [0.1, 0.15) is 5.75 Å². The van der Waals surface area contributed by atoms with Crippen molar-refractivity contribution in [2.45, 2.75) is 0 Å². The number of aromatic hydroxyl groups is 1. The summed E-state index contributed by atoms with van der Waals surface area (Å²) in [6.07, 6.45) is 0. The van der Waals surface area contributed by atoms with E-state index in [-0.39, 0.29) is 24.1 Å². The number of hydrogen-bond acceptors (Lipinski definition) is 5. The molecule has 3 aromatic carbocycles. The third-order valence-electron chi connectivity index (χ3n) is 5.43. The number of para-hydroxylation sites is 2. The third-order valence-corrected chi connectivity index (χ3v) is 5.43. The number of benzene rings is 3. The van der Waals surface area contributed by atoms with Gasteiger partial charge in [0.2, 0.25) is 5.91 Å². The van der Waals surface area contributed by atoms with Crippen LogP contribution in [0.4, 0.5) is 17.1 Å². The standard InChI is InChI=1S/C25H26N4O3/c30-21-12-10-20(11-13-21)29-16-14-28(15-17-29)18-24(31)27-23-9-5-4-8-22(23)25(32)26-19-6-2-1-3-7-19/h1-13,30H,14-18H2,(H,26,32)(H,27,31). The fraction of sp³-hybridized carbons (Fsp3) is 0.200. The Labute approximate surface area is 187 Å². The van der Waals surface area contributed by atoms with Crippen molar-refractivity contribution in [3.05, 3.63) is 84.4 Å². The van der Waals surface area contributed by atoms with Crippen molar-refractivity contribution in [1.29, 1.82) is 0 Å². The van der Waals surface area contributed by atoms with Crippen LogP contribution in [0, 0.1) is 0 Å². The Morgan fingerprint density at radius 2 is 1.44 bits per heavy atom. The van der Waals surface area contributed by atoms with Crippen LogP contribution in [0.2, 0.25) is 0 Å². The molecule has 2 amide bonds. The van der Waals surface area contributed by atoms with Gasteiger partial charge in [-0.15, -0.1) is 0 Å². The maximum atomic E-state index is 12.7. The first kappa shape index (κ1) is 21.4. The molecule has 0 unspecified atom stereocenters. The molecule has 0 aromatic heterocycles. The van der Waals surface area contributed by atoms with Crippen LogP contribution in [-0.2, 0) is 4.79 Å². The predicted molar refractivity (Wildman–Crippen MR) is 126 cm³/mol. The molecule has 0 radical (unpaired) electrons. The maximum Gasteiger partial charge on any atom is 0.257 e. The number of nitrogens with zero attached hydrogens (tertiary/aromatic N) is 2. The van der Waals surface area contributed by atoms with Gasteiger partial charge in [-0.05, 0) is 48.5 Å². The first-order valence-electron chi connectivity index (χ1n) is 10.6. The highest BCUT2D eigenvalue weighted by molar-refractivity contribution is 6.10. The van der Waals surface area contributed by atoms with Gasteiger partial charge in [-0.25, -0.2) is 0 Å². The molecule has 0 saturated carbocycles. The SMILES string of the molecule is O=C(CN1CCN(c2ccc(O)cc2)CC1)Nc1ccccc1C(=O)Nc1ccccc1. The molecule has 0 atom stereocenters. The van der Waals surface area contributed by atoms with E-state index in [1.807, 2.05) is 42.5 Å². The van der Waals surface area contributed by atoms with E-state index >= 15 is 0 Å². The molecular formula is C25H26N4O3. The van der Waals surface area contributed by atoms with E-state index in [4.69, 9.17) is 0 Å². The molecule has 164 valence electrons. The predicted octanol–water partition coefficient (Wildman–Crippen LogP) is 3.41. The molecule has 1 heterocycles. The lowest BCUT2D eigenvalue weighted by Gasteiger charge is -2.35. The van der Waals surface area contributed by atoms with Gasteiger partial charge >= 0.3 is 0 Å². The Kier molecular flexibility index (Phi) is 6.67. The van der Waals surface area contributed by atoms with Crippen molar-refractivity contribution in [3.8, 4) is 5.75 Å². The van der Waals surface area contributed by atoms with Crippen molar-refractivity contribution in [2.24, 2.45) is 0 Å². The molecule has 32 heavy (non-hydrogen) atoms. The zero-order valence-electron chi connectivity index (χ0n) is 17.7. The van der Waals surface area contributed by atoms with Crippen LogP contribution >= 0.6 is 0 Å². The zero-order valence-corrected chi connectivity index (χ0v) is 17.7. The second kappa shape index (κ2) is 9.98. The molecule has 1 aliphatic heterocycles. The number of hydrogen-bond donors (Lipinski definition) is 3. The minimum Gasteiger partial charge on any atom is -0.508 e. The fourth-order valence-corrected chi connectivity index (χ4v) is 3.73. The Balaban J connectivity index is 1.32. The van der Waals surface area contributed by atoms with Gasteiger partial charge in [-0.2, -0.15) is 0 Å². The van der Waals surface area contributed by atoms with Crippen molar-refractivity contribution < 1.29 is 14.7 Å². The second-order valence-electron chi connectivity index (χ2n) is 7.69. The summed E-state index contributed by atoms with van der Waals surface area (Å²) in [7, 11) is 0. The molecule has 0 bridgehead atoms. The summed E-state index contributed by atoms with van der Waals surface area (Å²) in [5, 5.41) is 15.2. The lowest BCUT2D eigenvalue weighted by molar-refractivity contribution is -0.117. The molecule has 7 nitrogen and oxygen atoms in total. The summed E-state index contributed by atoms with van der Waals surface area (Å²) < 4.78 is 0. The van der Waals surface area contributed by atoms with E-state index in [1.54, 1.807) is 36.4 Å². The van der Waals surface area contributed by atoms with E-state index in [2.05, 4.69) is 20.4 Å². The molecule has 3 aromatic rings. The van der Waals surface area contributed by atoms with Crippen LogP contribution in [0.15, 0.2) is 78.9 Å². The minimum absolute atomic E-state index is 0.150. The monoisotopic (exact) mass is 430 g/mol. The molecule has 1 saturated heterocycles. The number of phenols is 1. The van der Waals surface area contributed by atoms with Crippen LogP contribution in [0.1, 0.15) is 10.4 Å². The Bertz CT molecular complexity index is 1060. The largest absolute Gasteiger partial charge is 0.508 e. The molecule has 0 aliphatic carbocycles. The summed E-state index contributed by atoms with van der Waals surface area (Å²) in [6.45, 7) is 3.37. The van der Waals surface area contributed by atoms with Gasteiger partial charge in [0.05, 0.1) is 17.8 Å². The van der Waals surface area contributed by atoms with Crippen molar-refractivity contribution in [1.82, 2.24) is 4.90 Å². The third kappa shape index (κ3) is 5.44. The van der Waals surface area contributed by atoms with E-state index in [1.165, 1.54) is 0 Å². The van der Waals surface area contributed by atoms with Gasteiger partial charge in [-0.1, -0.05) is 30.3 Å². The number of carbonyl (C=O) groups excluding carboxylic acids is 2. The highest BCUT2D eigenvalue weighted by Gasteiger charge is 2.20. The number of rotatable bonds is 6. The molecule has 4 rings (SSSR count). The highest BCUT2D eigenvalue weighted by atomic mass is 16.3. The van der Waals surface area contributed by atoms with Gasteiger partial charge in [-0.3, -0.25) is 14.5 Å². The van der Waals surface area contributed by atoms with Crippen molar-refractivity contribution in [2.75, 3.05) is 48.3 Å². The average molecular weight is 431 g/mol. The summed E-state index contributed by atoms with van der Waals surface area (Å²) in [4.78, 5) is 29.7. The smallest absolute Gasteiger partial charge is 0.257 e. The lowest BCUT2D eigenvalue weighted by Crippen LogP contribution is -2.48. The number of nitrogens with one attached hydrogen (secondary N) is 2. The Morgan fingerprint density at radius 3 is 2.16 bits per heavy atom. The van der Waals surface area contributed by atoms with Crippen molar-refractivity contribution >= 4 is 28.9 Å². The zero-order chi connectivity index (χ0) is 22.3. The Hall–Kier alpha value is -3.84. The minimum atomic E-state index is -0.269. The number of phenolic OH excluding ortho intramolecular Hbond substituents is 1. The number of carbonyl (C=O) groups is 2. The number of piperazine rings is 1. The molecule has 1 fully saturated rings. The average Bonchev–Trinajstić information content (AvgIpc) is 2.81. The first-order chi connectivity index (χ1) is 15.6. The number of anilines is 3. The number of amides is 2. The molecule has 1 aliphatic rings.